The topological polar surface area (TPSA) is 179 Å². The summed E-state index contributed by atoms with van der Waals surface area (Å²) in [7, 11) is 0. The Hall–Kier alpha value is -3.38. The van der Waals surface area contributed by atoms with E-state index in [0.29, 0.717) is 5.69 Å². The molecular weight excluding hydrogens is 448 g/mol. The molecule has 3 amide bonds. The van der Waals surface area contributed by atoms with Gasteiger partial charge in [-0.05, 0) is 12.5 Å². The van der Waals surface area contributed by atoms with Crippen LogP contribution in [0.5, 0.6) is 0 Å². The highest BCUT2D eigenvalue weighted by atomic mass is 32.1. The molecule has 1 aromatic carbocycles. The lowest BCUT2D eigenvalue weighted by Gasteiger charge is -2.22. The number of thiol groups is 1. The minimum atomic E-state index is -1.20. The van der Waals surface area contributed by atoms with Crippen molar-refractivity contribution in [3.63, 3.8) is 0 Å². The third-order valence-electron chi connectivity index (χ3n) is 4.80. The number of carbonyl (C=O) groups excluding carboxylic acids is 3. The van der Waals surface area contributed by atoms with E-state index in [4.69, 9.17) is 5.73 Å². The molecule has 0 aliphatic rings. The van der Waals surface area contributed by atoms with Crippen molar-refractivity contribution in [2.45, 2.75) is 43.9 Å². The van der Waals surface area contributed by atoms with Gasteiger partial charge in [0.05, 0.1) is 12.4 Å². The molecule has 12 heteroatoms. The number of H-pyrrole nitrogens is 1. The molecule has 0 fully saturated rings. The fourth-order valence-corrected chi connectivity index (χ4v) is 3.18. The van der Waals surface area contributed by atoms with Crippen molar-refractivity contribution in [3.8, 4) is 0 Å². The fraction of sp³-hybridized carbons (Fsp3) is 0.381. The Morgan fingerprint density at radius 1 is 1.03 bits per heavy atom. The van der Waals surface area contributed by atoms with Crippen LogP contribution in [0.2, 0.25) is 0 Å². The maximum atomic E-state index is 12.5. The number of carboxylic acids is 1. The van der Waals surface area contributed by atoms with E-state index < -0.39 is 47.9 Å². The SMILES string of the molecule is CC(NC(=O)C(CS)NC(=O)C(N)Cc1cnc[nH]1)C(=O)NC(Cc1ccccc1)C(=O)O. The molecule has 0 saturated carbocycles. The van der Waals surface area contributed by atoms with Crippen LogP contribution in [0.25, 0.3) is 0 Å². The number of rotatable bonds is 12. The van der Waals surface area contributed by atoms with E-state index in [1.54, 1.807) is 36.5 Å². The van der Waals surface area contributed by atoms with Gasteiger partial charge in [0.1, 0.15) is 18.1 Å². The summed E-state index contributed by atoms with van der Waals surface area (Å²) in [6.07, 6.45) is 3.29. The Bertz CT molecular complexity index is 940. The predicted octanol–water partition coefficient (Wildman–Crippen LogP) is -0.989. The van der Waals surface area contributed by atoms with Crippen molar-refractivity contribution < 1.29 is 24.3 Å². The highest BCUT2D eigenvalue weighted by molar-refractivity contribution is 7.80. The maximum Gasteiger partial charge on any atom is 0.326 e. The molecule has 1 aromatic heterocycles. The van der Waals surface area contributed by atoms with Crippen molar-refractivity contribution >= 4 is 36.3 Å². The number of aliphatic carboxylic acids is 1. The normalized spacial score (nSPS) is 14.4. The molecule has 0 bridgehead atoms. The van der Waals surface area contributed by atoms with E-state index in [-0.39, 0.29) is 18.6 Å². The number of nitrogens with zero attached hydrogens (tertiary/aromatic N) is 1. The van der Waals surface area contributed by atoms with Gasteiger partial charge in [-0.2, -0.15) is 12.6 Å². The van der Waals surface area contributed by atoms with Gasteiger partial charge in [-0.3, -0.25) is 14.4 Å². The molecule has 33 heavy (non-hydrogen) atoms. The maximum absolute atomic E-state index is 12.5. The number of hydrogen-bond donors (Lipinski definition) is 7. The van der Waals surface area contributed by atoms with Crippen molar-refractivity contribution in [1.82, 2.24) is 25.9 Å². The van der Waals surface area contributed by atoms with Gasteiger partial charge in [-0.1, -0.05) is 30.3 Å². The number of aromatic amines is 1. The van der Waals surface area contributed by atoms with Crippen molar-refractivity contribution in [2.24, 2.45) is 5.73 Å². The second-order valence-electron chi connectivity index (χ2n) is 7.45. The summed E-state index contributed by atoms with van der Waals surface area (Å²) in [4.78, 5) is 55.6. The lowest BCUT2D eigenvalue weighted by Crippen LogP contribution is -2.57. The molecule has 0 aliphatic heterocycles. The summed E-state index contributed by atoms with van der Waals surface area (Å²) < 4.78 is 0. The Balaban J connectivity index is 1.89. The first-order valence-electron chi connectivity index (χ1n) is 10.2. The van der Waals surface area contributed by atoms with Gasteiger partial charge in [0.2, 0.25) is 17.7 Å². The van der Waals surface area contributed by atoms with Crippen LogP contribution in [-0.4, -0.2) is 68.7 Å². The van der Waals surface area contributed by atoms with E-state index in [0.717, 1.165) is 5.56 Å². The lowest BCUT2D eigenvalue weighted by atomic mass is 10.1. The molecule has 4 atom stereocenters. The van der Waals surface area contributed by atoms with Crippen LogP contribution in [-0.2, 0) is 32.0 Å². The van der Waals surface area contributed by atoms with Gasteiger partial charge in [-0.25, -0.2) is 9.78 Å². The van der Waals surface area contributed by atoms with Crippen molar-refractivity contribution in [1.29, 1.82) is 0 Å². The number of benzene rings is 1. The standard InChI is InChI=1S/C21H28N6O5S/c1-12(18(28)26-16(21(31)32)7-13-5-3-2-4-6-13)25-20(30)17(10-33)27-19(29)15(22)8-14-9-23-11-24-14/h2-6,9,11-12,15-17,33H,7-8,10,22H2,1H3,(H,23,24)(H,25,30)(H,26,28)(H,27,29)(H,31,32). The molecule has 0 aliphatic carbocycles. The first kappa shape index (κ1) is 25.9. The van der Waals surface area contributed by atoms with E-state index in [1.807, 2.05) is 0 Å². The first-order chi connectivity index (χ1) is 15.7. The minimum Gasteiger partial charge on any atom is -0.480 e. The predicted molar refractivity (Wildman–Crippen MR) is 123 cm³/mol. The Morgan fingerprint density at radius 2 is 1.70 bits per heavy atom. The average Bonchev–Trinajstić information content (AvgIpc) is 3.30. The average molecular weight is 477 g/mol. The third-order valence-corrected chi connectivity index (χ3v) is 5.16. The molecular formula is C21H28N6O5S. The summed E-state index contributed by atoms with van der Waals surface area (Å²) in [6.45, 7) is 1.41. The van der Waals surface area contributed by atoms with Gasteiger partial charge in [0, 0.05) is 30.5 Å². The Labute approximate surface area is 196 Å². The van der Waals surface area contributed by atoms with Crippen molar-refractivity contribution in [2.75, 3.05) is 5.75 Å². The van der Waals surface area contributed by atoms with Gasteiger partial charge in [0.15, 0.2) is 0 Å². The molecule has 11 nitrogen and oxygen atoms in total. The summed E-state index contributed by atoms with van der Waals surface area (Å²) in [6, 6.07) is 4.68. The largest absolute Gasteiger partial charge is 0.480 e. The van der Waals surface area contributed by atoms with E-state index in [1.165, 1.54) is 13.3 Å². The molecule has 2 aromatic rings. The molecule has 7 N–H and O–H groups in total. The van der Waals surface area contributed by atoms with Crippen molar-refractivity contribution in [3.05, 3.63) is 54.1 Å². The highest BCUT2D eigenvalue weighted by Gasteiger charge is 2.28. The molecule has 0 radical (unpaired) electrons. The van der Waals surface area contributed by atoms with Gasteiger partial charge in [0.25, 0.3) is 0 Å². The number of carboxylic acid groups (broad SMARTS) is 1. The van der Waals surface area contributed by atoms with Gasteiger partial charge in [-0.15, -0.1) is 0 Å². The number of amides is 3. The number of carbonyl (C=O) groups is 4. The monoisotopic (exact) mass is 476 g/mol. The zero-order valence-electron chi connectivity index (χ0n) is 18.0. The Kier molecular flexibility index (Phi) is 9.88. The smallest absolute Gasteiger partial charge is 0.326 e. The van der Waals surface area contributed by atoms with Crippen LogP contribution in [0.15, 0.2) is 42.9 Å². The molecule has 2 rings (SSSR count). The summed E-state index contributed by atoms with van der Waals surface area (Å²) in [5, 5.41) is 16.8. The van der Waals surface area contributed by atoms with Gasteiger partial charge < -0.3 is 31.8 Å². The number of hydrogen-bond acceptors (Lipinski definition) is 7. The molecule has 0 spiro atoms. The Morgan fingerprint density at radius 3 is 2.27 bits per heavy atom. The van der Waals surface area contributed by atoms with Crippen LogP contribution < -0.4 is 21.7 Å². The molecule has 178 valence electrons. The second kappa shape index (κ2) is 12.6. The van der Waals surface area contributed by atoms with E-state index in [9.17, 15) is 24.3 Å². The molecule has 4 unspecified atom stereocenters. The number of nitrogens with one attached hydrogen (secondary N) is 4. The summed E-state index contributed by atoms with van der Waals surface area (Å²) in [5.41, 5.74) is 7.28. The lowest BCUT2D eigenvalue weighted by molar-refractivity contribution is -0.142. The molecule has 1 heterocycles. The van der Waals surface area contributed by atoms with E-state index in [2.05, 4.69) is 38.5 Å². The first-order valence-corrected chi connectivity index (χ1v) is 10.9. The quantitative estimate of drug-likeness (QED) is 0.192. The fourth-order valence-electron chi connectivity index (χ4n) is 2.92. The second-order valence-corrected chi connectivity index (χ2v) is 7.82. The number of imidazole rings is 1. The van der Waals surface area contributed by atoms with E-state index >= 15 is 0 Å². The minimum absolute atomic E-state index is 0.0333. The van der Waals surface area contributed by atoms with Gasteiger partial charge >= 0.3 is 5.97 Å². The zero-order chi connectivity index (χ0) is 24.4. The van der Waals surface area contributed by atoms with Crippen LogP contribution in [0.4, 0.5) is 0 Å². The summed E-state index contributed by atoms with van der Waals surface area (Å²) >= 11 is 4.09. The van der Waals surface area contributed by atoms with Crippen LogP contribution >= 0.6 is 12.6 Å². The highest BCUT2D eigenvalue weighted by Crippen LogP contribution is 2.04. The van der Waals surface area contributed by atoms with Crippen LogP contribution in [0.3, 0.4) is 0 Å². The summed E-state index contributed by atoms with van der Waals surface area (Å²) in [5.74, 6) is -3.12. The van der Waals surface area contributed by atoms with Crippen LogP contribution in [0.1, 0.15) is 18.2 Å². The zero-order valence-corrected chi connectivity index (χ0v) is 18.9. The molecule has 0 saturated heterocycles. The number of aromatic nitrogens is 2. The number of nitrogens with two attached hydrogens (primary N) is 1. The third kappa shape index (κ3) is 8.24. The van der Waals surface area contributed by atoms with Crippen LogP contribution in [0, 0.1) is 0 Å².